The van der Waals surface area contributed by atoms with E-state index < -0.39 is 0 Å². The monoisotopic (exact) mass is 326 g/mol. The number of rotatable bonds is 6. The van der Waals surface area contributed by atoms with Crippen molar-refractivity contribution in [1.29, 1.82) is 0 Å². The van der Waals surface area contributed by atoms with Crippen LogP contribution >= 0.6 is 11.3 Å². The molecule has 5 nitrogen and oxygen atoms in total. The Morgan fingerprint density at radius 1 is 1.00 bits per heavy atom. The van der Waals surface area contributed by atoms with E-state index >= 15 is 0 Å². The first-order chi connectivity index (χ1) is 11.3. The molecule has 23 heavy (non-hydrogen) atoms. The van der Waals surface area contributed by atoms with Gasteiger partial charge in [-0.15, -0.1) is 0 Å². The van der Waals surface area contributed by atoms with Gasteiger partial charge in [0.15, 0.2) is 5.13 Å². The van der Waals surface area contributed by atoms with Crippen molar-refractivity contribution in [3.05, 3.63) is 54.6 Å². The van der Waals surface area contributed by atoms with Crippen molar-refractivity contribution in [2.75, 3.05) is 23.7 Å². The smallest absolute Gasteiger partial charge is 0.321 e. The predicted octanol–water partition coefficient (Wildman–Crippen LogP) is 3.92. The molecule has 0 saturated carbocycles. The number of hydrogen-bond acceptors (Lipinski definition) is 4. The number of carbonyl (C=O) groups is 1. The largest absolute Gasteiger partial charge is 0.385 e. The fourth-order valence-corrected chi connectivity index (χ4v) is 3.01. The summed E-state index contributed by atoms with van der Waals surface area (Å²) in [6.45, 7) is 1.42. The maximum atomic E-state index is 11.8. The molecule has 1 aromatic heterocycles. The van der Waals surface area contributed by atoms with Crippen molar-refractivity contribution in [2.45, 2.75) is 6.42 Å². The molecule has 2 aromatic carbocycles. The first kappa shape index (κ1) is 15.3. The maximum absolute atomic E-state index is 11.8. The van der Waals surface area contributed by atoms with Gasteiger partial charge in [-0.3, -0.25) is 5.32 Å². The lowest BCUT2D eigenvalue weighted by atomic mass is 10.3. The van der Waals surface area contributed by atoms with Gasteiger partial charge in [-0.2, -0.15) is 0 Å². The van der Waals surface area contributed by atoms with Gasteiger partial charge in [0.05, 0.1) is 10.2 Å². The molecule has 2 amide bonds. The topological polar surface area (TPSA) is 66.1 Å². The van der Waals surface area contributed by atoms with Crippen molar-refractivity contribution in [2.24, 2.45) is 0 Å². The highest BCUT2D eigenvalue weighted by Crippen LogP contribution is 2.25. The molecule has 0 aliphatic heterocycles. The minimum atomic E-state index is -0.219. The second-order valence-corrected chi connectivity index (χ2v) is 6.04. The van der Waals surface area contributed by atoms with Crippen LogP contribution in [-0.4, -0.2) is 24.1 Å². The van der Waals surface area contributed by atoms with Gasteiger partial charge in [-0.25, -0.2) is 9.78 Å². The van der Waals surface area contributed by atoms with Gasteiger partial charge in [-0.05, 0) is 30.7 Å². The number of para-hydroxylation sites is 2. The summed E-state index contributed by atoms with van der Waals surface area (Å²) in [6.07, 6.45) is 0.849. The van der Waals surface area contributed by atoms with E-state index in [0.29, 0.717) is 11.7 Å². The van der Waals surface area contributed by atoms with Crippen LogP contribution < -0.4 is 16.0 Å². The number of amides is 2. The van der Waals surface area contributed by atoms with E-state index in [1.807, 2.05) is 54.6 Å². The van der Waals surface area contributed by atoms with Gasteiger partial charge >= 0.3 is 6.03 Å². The second-order valence-electron chi connectivity index (χ2n) is 5.01. The molecule has 0 unspecified atom stereocenters. The molecule has 0 spiro atoms. The Morgan fingerprint density at radius 3 is 2.61 bits per heavy atom. The summed E-state index contributed by atoms with van der Waals surface area (Å²) in [7, 11) is 0. The van der Waals surface area contributed by atoms with Crippen LogP contribution in [0, 0.1) is 0 Å². The summed E-state index contributed by atoms with van der Waals surface area (Å²) in [5, 5.41) is 9.54. The number of hydrogen-bond donors (Lipinski definition) is 3. The van der Waals surface area contributed by atoms with E-state index in [1.54, 1.807) is 0 Å². The molecule has 0 fully saturated rings. The van der Waals surface area contributed by atoms with Crippen LogP contribution in [0.3, 0.4) is 0 Å². The van der Waals surface area contributed by atoms with Gasteiger partial charge in [0, 0.05) is 18.8 Å². The molecule has 3 rings (SSSR count). The Kier molecular flexibility index (Phi) is 5.06. The van der Waals surface area contributed by atoms with Gasteiger partial charge in [-0.1, -0.05) is 41.7 Å². The van der Waals surface area contributed by atoms with Crippen LogP contribution in [0.1, 0.15) is 6.42 Å². The molecule has 3 aromatic rings. The molecule has 0 atom stereocenters. The molecule has 3 N–H and O–H groups in total. The quantitative estimate of drug-likeness (QED) is 0.602. The lowest BCUT2D eigenvalue weighted by Crippen LogP contribution is -2.30. The minimum Gasteiger partial charge on any atom is -0.385 e. The number of benzene rings is 2. The summed E-state index contributed by atoms with van der Waals surface area (Å²) in [6, 6.07) is 17.6. The average molecular weight is 326 g/mol. The molecule has 0 aliphatic carbocycles. The Hall–Kier alpha value is -2.60. The number of nitrogens with zero attached hydrogens (tertiary/aromatic N) is 1. The lowest BCUT2D eigenvalue weighted by molar-refractivity contribution is 0.252. The lowest BCUT2D eigenvalue weighted by Gasteiger charge is -2.07. The number of nitrogens with one attached hydrogen (secondary N) is 3. The summed E-state index contributed by atoms with van der Waals surface area (Å²) < 4.78 is 1.06. The SMILES string of the molecule is O=C(NCCCNc1ccccc1)Nc1nc2ccccc2s1. The fraction of sp³-hybridized carbons (Fsp3) is 0.176. The number of fused-ring (bicyclic) bond motifs is 1. The minimum absolute atomic E-state index is 0.219. The number of urea groups is 1. The van der Waals surface area contributed by atoms with Gasteiger partial charge < -0.3 is 10.6 Å². The zero-order valence-electron chi connectivity index (χ0n) is 12.6. The van der Waals surface area contributed by atoms with E-state index in [9.17, 15) is 4.79 Å². The molecular weight excluding hydrogens is 308 g/mol. The van der Waals surface area contributed by atoms with E-state index in [2.05, 4.69) is 20.9 Å². The number of aromatic nitrogens is 1. The molecule has 6 heteroatoms. The maximum Gasteiger partial charge on any atom is 0.321 e. The summed E-state index contributed by atoms with van der Waals surface area (Å²) in [5.74, 6) is 0. The highest BCUT2D eigenvalue weighted by molar-refractivity contribution is 7.22. The van der Waals surface area contributed by atoms with Gasteiger partial charge in [0.2, 0.25) is 0 Å². The van der Waals surface area contributed by atoms with Crippen molar-refractivity contribution < 1.29 is 4.79 Å². The molecule has 0 bridgehead atoms. The second kappa shape index (κ2) is 7.60. The van der Waals surface area contributed by atoms with Gasteiger partial charge in [0.25, 0.3) is 0 Å². The first-order valence-corrected chi connectivity index (χ1v) is 8.32. The van der Waals surface area contributed by atoms with Crippen LogP contribution in [-0.2, 0) is 0 Å². The van der Waals surface area contributed by atoms with Crippen LogP contribution in [0.2, 0.25) is 0 Å². The Bertz CT molecular complexity index is 739. The van der Waals surface area contributed by atoms with Crippen LogP contribution in [0.5, 0.6) is 0 Å². The third-order valence-corrected chi connectivity index (χ3v) is 4.21. The van der Waals surface area contributed by atoms with Crippen molar-refractivity contribution in [3.8, 4) is 0 Å². The molecule has 1 heterocycles. The number of thiazole rings is 1. The normalized spacial score (nSPS) is 10.4. The zero-order valence-corrected chi connectivity index (χ0v) is 13.4. The number of anilines is 2. The Labute approximate surface area is 138 Å². The first-order valence-electron chi connectivity index (χ1n) is 7.50. The summed E-state index contributed by atoms with van der Waals surface area (Å²) >= 11 is 1.47. The van der Waals surface area contributed by atoms with E-state index in [0.717, 1.165) is 28.9 Å². The van der Waals surface area contributed by atoms with Crippen LogP contribution in [0.25, 0.3) is 10.2 Å². The Morgan fingerprint density at radius 2 is 1.78 bits per heavy atom. The number of carbonyl (C=O) groups excluding carboxylic acids is 1. The third kappa shape index (κ3) is 4.43. The fourth-order valence-electron chi connectivity index (χ4n) is 2.15. The zero-order chi connectivity index (χ0) is 15.9. The predicted molar refractivity (Wildman–Crippen MR) is 96.2 cm³/mol. The van der Waals surface area contributed by atoms with E-state index in [4.69, 9.17) is 0 Å². The summed E-state index contributed by atoms with van der Waals surface area (Å²) in [4.78, 5) is 16.2. The molecule has 0 radical (unpaired) electrons. The highest BCUT2D eigenvalue weighted by Gasteiger charge is 2.06. The molecule has 118 valence electrons. The molecule has 0 aliphatic rings. The standard InChI is InChI=1S/C17H18N4OS/c22-16(19-12-6-11-18-13-7-2-1-3-8-13)21-17-20-14-9-4-5-10-15(14)23-17/h1-5,7-10,18H,6,11-12H2,(H2,19,20,21,22). The average Bonchev–Trinajstić information content (AvgIpc) is 2.97. The highest BCUT2D eigenvalue weighted by atomic mass is 32.1. The van der Waals surface area contributed by atoms with Crippen LogP contribution in [0.15, 0.2) is 54.6 Å². The van der Waals surface area contributed by atoms with Crippen molar-refractivity contribution in [3.63, 3.8) is 0 Å². The van der Waals surface area contributed by atoms with Gasteiger partial charge in [0.1, 0.15) is 0 Å². The third-order valence-electron chi connectivity index (χ3n) is 3.26. The van der Waals surface area contributed by atoms with Crippen molar-refractivity contribution in [1.82, 2.24) is 10.3 Å². The van der Waals surface area contributed by atoms with Crippen LogP contribution in [0.4, 0.5) is 15.6 Å². The van der Waals surface area contributed by atoms with E-state index in [1.165, 1.54) is 11.3 Å². The molecular formula is C17H18N4OS. The van der Waals surface area contributed by atoms with E-state index in [-0.39, 0.29) is 6.03 Å². The summed E-state index contributed by atoms with van der Waals surface area (Å²) in [5.41, 5.74) is 1.99. The Balaban J connectivity index is 1.38. The molecule has 0 saturated heterocycles. The van der Waals surface area contributed by atoms with Crippen molar-refractivity contribution >= 4 is 38.4 Å².